The van der Waals surface area contributed by atoms with Crippen molar-refractivity contribution in [3.63, 3.8) is 0 Å². The Bertz CT molecular complexity index is 790. The number of hydrogen-bond donors (Lipinski definition) is 0. The fourth-order valence-corrected chi connectivity index (χ4v) is 4.68. The highest BCUT2D eigenvalue weighted by Gasteiger charge is 2.36. The van der Waals surface area contributed by atoms with Gasteiger partial charge in [0.25, 0.3) is 5.91 Å². The molecule has 2 fully saturated rings. The van der Waals surface area contributed by atoms with E-state index in [1.165, 1.54) is 10.5 Å². The molecule has 0 aliphatic carbocycles. The van der Waals surface area contributed by atoms with Gasteiger partial charge >= 0.3 is 0 Å². The minimum absolute atomic E-state index is 0.0175. The zero-order valence-electron chi connectivity index (χ0n) is 15.7. The average Bonchev–Trinajstić information content (AvgIpc) is 3.28. The number of halogens is 1. The Labute approximate surface area is 175 Å². The summed E-state index contributed by atoms with van der Waals surface area (Å²) in [6.07, 6.45) is 2.80. The number of hydrogen-bond acceptors (Lipinski definition) is 4. The number of carbonyl (C=O) groups excluding carboxylic acids is 1. The summed E-state index contributed by atoms with van der Waals surface area (Å²) in [6, 6.07) is 15.8. The van der Waals surface area contributed by atoms with E-state index in [9.17, 15) is 4.79 Å². The van der Waals surface area contributed by atoms with Crippen molar-refractivity contribution in [2.75, 3.05) is 19.8 Å². The van der Waals surface area contributed by atoms with Crippen LogP contribution in [0.2, 0.25) is 5.02 Å². The van der Waals surface area contributed by atoms with Crippen LogP contribution in [0.15, 0.2) is 53.4 Å². The summed E-state index contributed by atoms with van der Waals surface area (Å²) in [5.74, 6) is 0.923. The van der Waals surface area contributed by atoms with E-state index in [0.29, 0.717) is 13.2 Å². The van der Waals surface area contributed by atoms with Gasteiger partial charge in [0.2, 0.25) is 0 Å². The van der Waals surface area contributed by atoms with Crippen molar-refractivity contribution in [2.24, 2.45) is 0 Å². The van der Waals surface area contributed by atoms with Gasteiger partial charge in [-0.1, -0.05) is 23.7 Å². The predicted molar refractivity (Wildman–Crippen MR) is 112 cm³/mol. The molecule has 4 nitrogen and oxygen atoms in total. The van der Waals surface area contributed by atoms with Crippen molar-refractivity contribution in [1.29, 1.82) is 0 Å². The largest absolute Gasteiger partial charge is 0.348 e. The maximum atomic E-state index is 13.1. The first-order valence-electron chi connectivity index (χ1n) is 9.72. The molecule has 2 aliphatic rings. The number of nitrogens with zero attached hydrogens (tertiary/aromatic N) is 1. The van der Waals surface area contributed by atoms with Crippen molar-refractivity contribution in [3.05, 3.63) is 64.7 Å². The summed E-state index contributed by atoms with van der Waals surface area (Å²) < 4.78 is 11.4. The van der Waals surface area contributed by atoms with E-state index < -0.39 is 0 Å². The number of ether oxygens (including phenoxy) is 2. The van der Waals surface area contributed by atoms with Crippen LogP contribution in [0.4, 0.5) is 0 Å². The van der Waals surface area contributed by atoms with Gasteiger partial charge in [-0.2, -0.15) is 0 Å². The molecule has 2 aromatic carbocycles. The second kappa shape index (κ2) is 9.31. The molecule has 0 aromatic heterocycles. The molecule has 0 saturated carbocycles. The van der Waals surface area contributed by atoms with Gasteiger partial charge in [0, 0.05) is 27.8 Å². The molecule has 2 saturated heterocycles. The smallest absolute Gasteiger partial charge is 0.254 e. The zero-order chi connectivity index (χ0) is 19.3. The molecular formula is C22H24ClNO3S. The van der Waals surface area contributed by atoms with Crippen molar-refractivity contribution in [3.8, 4) is 0 Å². The molecule has 0 spiro atoms. The molecule has 1 unspecified atom stereocenters. The van der Waals surface area contributed by atoms with Gasteiger partial charge in [0.15, 0.2) is 6.29 Å². The van der Waals surface area contributed by atoms with E-state index in [2.05, 4.69) is 0 Å². The number of carbonyl (C=O) groups is 1. The Morgan fingerprint density at radius 3 is 2.46 bits per heavy atom. The van der Waals surface area contributed by atoms with E-state index >= 15 is 0 Å². The minimum Gasteiger partial charge on any atom is -0.348 e. The van der Waals surface area contributed by atoms with Crippen molar-refractivity contribution in [2.45, 2.75) is 42.2 Å². The molecular weight excluding hydrogens is 394 g/mol. The summed E-state index contributed by atoms with van der Waals surface area (Å²) >= 11 is 7.69. The lowest BCUT2D eigenvalue weighted by atomic mass is 10.00. The molecule has 0 N–H and O–H groups in total. The van der Waals surface area contributed by atoms with Crippen LogP contribution in [0, 0.1) is 0 Å². The SMILES string of the molecule is O=C(c1ccc(CSc2ccc(Cl)cc2)cc1)N1CCCCC1C1OCCO1. The molecule has 1 atom stereocenters. The molecule has 2 aliphatic heterocycles. The van der Waals surface area contributed by atoms with Crippen LogP contribution in [0.5, 0.6) is 0 Å². The summed E-state index contributed by atoms with van der Waals surface area (Å²) in [6.45, 7) is 1.99. The maximum absolute atomic E-state index is 13.1. The minimum atomic E-state index is -0.278. The molecule has 4 rings (SSSR count). The van der Waals surface area contributed by atoms with Crippen LogP contribution in [0.3, 0.4) is 0 Å². The van der Waals surface area contributed by atoms with E-state index in [1.807, 2.05) is 53.4 Å². The van der Waals surface area contributed by atoms with E-state index in [4.69, 9.17) is 21.1 Å². The molecule has 148 valence electrons. The predicted octanol–water partition coefficient (Wildman–Crippen LogP) is 5.00. The van der Waals surface area contributed by atoms with Crippen molar-refractivity contribution in [1.82, 2.24) is 4.90 Å². The van der Waals surface area contributed by atoms with Crippen LogP contribution >= 0.6 is 23.4 Å². The van der Waals surface area contributed by atoms with Gasteiger partial charge < -0.3 is 14.4 Å². The lowest BCUT2D eigenvalue weighted by Crippen LogP contribution is -2.50. The second-order valence-corrected chi connectivity index (χ2v) is 8.60. The van der Waals surface area contributed by atoms with Crippen LogP contribution < -0.4 is 0 Å². The van der Waals surface area contributed by atoms with Crippen LogP contribution in [0.1, 0.15) is 35.2 Å². The molecule has 1 amide bonds. The van der Waals surface area contributed by atoms with E-state index in [0.717, 1.165) is 42.1 Å². The molecule has 2 aromatic rings. The lowest BCUT2D eigenvalue weighted by Gasteiger charge is -2.38. The maximum Gasteiger partial charge on any atom is 0.254 e. The van der Waals surface area contributed by atoms with Crippen molar-refractivity contribution >= 4 is 29.3 Å². The fraction of sp³-hybridized carbons (Fsp3) is 0.409. The highest BCUT2D eigenvalue weighted by Crippen LogP contribution is 2.27. The monoisotopic (exact) mass is 417 g/mol. The number of benzene rings is 2. The second-order valence-electron chi connectivity index (χ2n) is 7.11. The van der Waals surface area contributed by atoms with E-state index in [-0.39, 0.29) is 18.2 Å². The topological polar surface area (TPSA) is 38.8 Å². The molecule has 28 heavy (non-hydrogen) atoms. The fourth-order valence-electron chi connectivity index (χ4n) is 3.70. The van der Waals surface area contributed by atoms with Gasteiger partial charge in [-0.05, 0) is 61.2 Å². The number of thioether (sulfide) groups is 1. The third-order valence-corrected chi connectivity index (χ3v) is 6.53. The quantitative estimate of drug-likeness (QED) is 0.641. The highest BCUT2D eigenvalue weighted by atomic mass is 35.5. The van der Waals surface area contributed by atoms with Gasteiger partial charge in [-0.15, -0.1) is 11.8 Å². The van der Waals surface area contributed by atoms with Gasteiger partial charge in [0.05, 0.1) is 19.3 Å². The summed E-state index contributed by atoms with van der Waals surface area (Å²) in [5, 5.41) is 0.747. The molecule has 2 heterocycles. The number of piperidine rings is 1. The number of amides is 1. The molecule has 6 heteroatoms. The van der Waals surface area contributed by atoms with Crippen molar-refractivity contribution < 1.29 is 14.3 Å². The Hall–Kier alpha value is -1.53. The molecule has 0 radical (unpaired) electrons. The van der Waals surface area contributed by atoms with Crippen LogP contribution in [-0.2, 0) is 15.2 Å². The molecule has 0 bridgehead atoms. The first-order chi connectivity index (χ1) is 13.7. The number of likely N-dealkylation sites (tertiary alicyclic amines) is 1. The normalized spacial score (nSPS) is 20.5. The Balaban J connectivity index is 1.39. The zero-order valence-corrected chi connectivity index (χ0v) is 17.3. The first-order valence-corrected chi connectivity index (χ1v) is 11.1. The number of rotatable bonds is 5. The summed E-state index contributed by atoms with van der Waals surface area (Å²) in [4.78, 5) is 16.2. The Kier molecular flexibility index (Phi) is 6.58. The van der Waals surface area contributed by atoms with Gasteiger partial charge in [-0.25, -0.2) is 0 Å². The summed E-state index contributed by atoms with van der Waals surface area (Å²) in [7, 11) is 0. The third kappa shape index (κ3) is 4.71. The van der Waals surface area contributed by atoms with Crippen LogP contribution in [0.25, 0.3) is 0 Å². The average molecular weight is 418 g/mol. The van der Waals surface area contributed by atoms with Gasteiger partial charge in [0.1, 0.15) is 0 Å². The lowest BCUT2D eigenvalue weighted by molar-refractivity contribution is -0.100. The Morgan fingerprint density at radius 1 is 1.04 bits per heavy atom. The Morgan fingerprint density at radius 2 is 1.75 bits per heavy atom. The van der Waals surface area contributed by atoms with Crippen LogP contribution in [-0.4, -0.2) is 42.9 Å². The summed E-state index contributed by atoms with van der Waals surface area (Å²) in [5.41, 5.74) is 1.92. The van der Waals surface area contributed by atoms with Gasteiger partial charge in [-0.3, -0.25) is 4.79 Å². The first kappa shape index (κ1) is 19.8. The van der Waals surface area contributed by atoms with E-state index in [1.54, 1.807) is 11.8 Å². The highest BCUT2D eigenvalue weighted by molar-refractivity contribution is 7.98. The standard InChI is InChI=1S/C22H24ClNO3S/c23-18-8-10-19(11-9-18)28-15-16-4-6-17(7-5-16)21(25)24-12-2-1-3-20(24)22-26-13-14-27-22/h4-11,20,22H,1-3,12-15H2. The third-order valence-electron chi connectivity index (χ3n) is 5.19.